The molecule has 0 spiro atoms. The average molecular weight is 1010 g/mol. The number of carbonyl (C=O) groups excluding carboxylic acids is 1. The summed E-state index contributed by atoms with van der Waals surface area (Å²) in [4.78, 5) is 12.9. The van der Waals surface area contributed by atoms with E-state index in [4.69, 9.17) is 18.9 Å². The first kappa shape index (κ1) is 67.4. The first-order valence-corrected chi connectivity index (χ1v) is 29.7. The molecule has 6 atom stereocenters. The number of carbonyl (C=O) groups is 1. The van der Waals surface area contributed by atoms with Crippen LogP contribution in [0.3, 0.4) is 0 Å². The van der Waals surface area contributed by atoms with Gasteiger partial charge in [0.15, 0.2) is 6.29 Å². The first-order chi connectivity index (χ1) is 35.4. The van der Waals surface area contributed by atoms with Crippen molar-refractivity contribution in [3.8, 4) is 0 Å². The minimum atomic E-state index is -1.54. The van der Waals surface area contributed by atoms with Gasteiger partial charge in [0.25, 0.3) is 0 Å². The SMILES string of the molecule is CC/C=C\C/C=C\C/C=C\C/C=C\C/C=C\C/C=C\CCCCCCCCC(=O)OC(COCCCCCCCCCCCCCC/C=C\CCCCCCCCCC)COC1OC(CO)C(O)C(O)C1O. The van der Waals surface area contributed by atoms with Gasteiger partial charge >= 0.3 is 5.97 Å². The molecule has 6 unspecified atom stereocenters. The summed E-state index contributed by atoms with van der Waals surface area (Å²) in [7, 11) is 0. The van der Waals surface area contributed by atoms with Crippen LogP contribution in [0.4, 0.5) is 0 Å². The van der Waals surface area contributed by atoms with E-state index in [0.29, 0.717) is 13.0 Å². The van der Waals surface area contributed by atoms with Crippen LogP contribution in [-0.2, 0) is 23.7 Å². The van der Waals surface area contributed by atoms with Crippen LogP contribution < -0.4 is 0 Å². The van der Waals surface area contributed by atoms with Gasteiger partial charge in [0, 0.05) is 13.0 Å². The predicted molar refractivity (Wildman–Crippen MR) is 302 cm³/mol. The number of hydrogen-bond acceptors (Lipinski definition) is 9. The maximum atomic E-state index is 12.9. The summed E-state index contributed by atoms with van der Waals surface area (Å²) in [5.41, 5.74) is 0. The third-order valence-electron chi connectivity index (χ3n) is 13.3. The highest BCUT2D eigenvalue weighted by molar-refractivity contribution is 5.69. The lowest BCUT2D eigenvalue weighted by atomic mass is 9.99. The molecule has 72 heavy (non-hydrogen) atoms. The van der Waals surface area contributed by atoms with Gasteiger partial charge in [0.05, 0.1) is 19.8 Å². The highest BCUT2D eigenvalue weighted by Crippen LogP contribution is 2.23. The molecule has 9 heteroatoms. The van der Waals surface area contributed by atoms with Crippen molar-refractivity contribution in [1.82, 2.24) is 0 Å². The zero-order chi connectivity index (χ0) is 52.1. The molecule has 0 aromatic heterocycles. The first-order valence-electron chi connectivity index (χ1n) is 29.7. The molecule has 0 aromatic carbocycles. The Morgan fingerprint density at radius 3 is 1.29 bits per heavy atom. The molecule has 9 nitrogen and oxygen atoms in total. The fraction of sp³-hybridized carbons (Fsp3) is 0.762. The van der Waals surface area contributed by atoms with Crippen molar-refractivity contribution in [2.24, 2.45) is 0 Å². The monoisotopic (exact) mass is 1010 g/mol. The summed E-state index contributed by atoms with van der Waals surface area (Å²) in [5, 5.41) is 40.4. The Bertz CT molecular complexity index is 1380. The van der Waals surface area contributed by atoms with Gasteiger partial charge in [-0.15, -0.1) is 0 Å². The van der Waals surface area contributed by atoms with E-state index in [1.165, 1.54) is 141 Å². The normalized spacial score (nSPS) is 19.3. The number of rotatable bonds is 51. The fourth-order valence-corrected chi connectivity index (χ4v) is 8.73. The lowest BCUT2D eigenvalue weighted by molar-refractivity contribution is -0.305. The van der Waals surface area contributed by atoms with E-state index in [2.05, 4.69) is 98.9 Å². The number of aliphatic hydroxyl groups is 4. The number of esters is 1. The molecule has 416 valence electrons. The molecule has 0 radical (unpaired) electrons. The van der Waals surface area contributed by atoms with Crippen LogP contribution in [0, 0.1) is 0 Å². The van der Waals surface area contributed by atoms with Crippen LogP contribution in [0.25, 0.3) is 0 Å². The van der Waals surface area contributed by atoms with Crippen molar-refractivity contribution >= 4 is 5.97 Å². The van der Waals surface area contributed by atoms with Crippen LogP contribution in [-0.4, -0.2) is 89.6 Å². The summed E-state index contributed by atoms with van der Waals surface area (Å²) < 4.78 is 23.0. The number of aliphatic hydroxyl groups excluding tert-OH is 4. The highest BCUT2D eigenvalue weighted by Gasteiger charge is 2.44. The standard InChI is InChI=1S/C63H110O9/c1-3-5-7-9-11-13-15-17-19-21-23-25-27-29-30-32-34-36-38-40-42-44-46-48-50-52-59(65)71-57(56-70-63-62(68)61(67)60(66)58(54-64)72-63)55-69-53-51-49-47-45-43-41-39-37-35-33-31-28-26-24-22-20-18-16-14-12-10-8-6-4-2/h5,7,11,13,17,19,22-25,29-30,34,36,57-58,60-64,66-68H,3-4,6,8-10,12,14-16,18,20-21,26-28,31-33,35,37-56H2,1-2H3/b7-5-,13-11-,19-17-,24-22-,25-23-,30-29-,36-34-. The zero-order valence-electron chi connectivity index (χ0n) is 46.2. The van der Waals surface area contributed by atoms with Crippen molar-refractivity contribution in [2.75, 3.05) is 26.4 Å². The van der Waals surface area contributed by atoms with Gasteiger partial charge in [-0.3, -0.25) is 4.79 Å². The van der Waals surface area contributed by atoms with E-state index in [1.807, 2.05) is 0 Å². The highest BCUT2D eigenvalue weighted by atomic mass is 16.7. The number of unbranched alkanes of at least 4 members (excludes halogenated alkanes) is 26. The van der Waals surface area contributed by atoms with Gasteiger partial charge in [-0.25, -0.2) is 0 Å². The second-order valence-electron chi connectivity index (χ2n) is 20.1. The van der Waals surface area contributed by atoms with E-state index in [9.17, 15) is 25.2 Å². The van der Waals surface area contributed by atoms with Crippen molar-refractivity contribution < 1.29 is 44.2 Å². The average Bonchev–Trinajstić information content (AvgIpc) is 3.38. The molecule has 4 N–H and O–H groups in total. The van der Waals surface area contributed by atoms with Crippen molar-refractivity contribution in [3.05, 3.63) is 85.1 Å². The molecule has 1 heterocycles. The molecule has 1 rings (SSSR count). The quantitative estimate of drug-likeness (QED) is 0.0267. The van der Waals surface area contributed by atoms with Crippen LogP contribution >= 0.6 is 0 Å². The van der Waals surface area contributed by atoms with Crippen LogP contribution in [0.2, 0.25) is 0 Å². The topological polar surface area (TPSA) is 135 Å². The van der Waals surface area contributed by atoms with E-state index in [0.717, 1.165) is 83.5 Å². The molecular formula is C63H110O9. The molecule has 0 bridgehead atoms. The van der Waals surface area contributed by atoms with E-state index >= 15 is 0 Å². The Labute approximate surface area is 441 Å². The maximum absolute atomic E-state index is 12.9. The molecule has 0 aromatic rings. The molecule has 1 saturated heterocycles. The predicted octanol–water partition coefficient (Wildman–Crippen LogP) is 15.7. The molecule has 1 fully saturated rings. The summed E-state index contributed by atoms with van der Waals surface area (Å²) >= 11 is 0. The van der Waals surface area contributed by atoms with Crippen molar-refractivity contribution in [3.63, 3.8) is 0 Å². The van der Waals surface area contributed by atoms with Crippen molar-refractivity contribution in [2.45, 2.75) is 282 Å². The Morgan fingerprint density at radius 2 is 0.847 bits per heavy atom. The fourth-order valence-electron chi connectivity index (χ4n) is 8.73. The second-order valence-corrected chi connectivity index (χ2v) is 20.1. The Hall–Kier alpha value is -2.63. The third-order valence-corrected chi connectivity index (χ3v) is 13.3. The zero-order valence-corrected chi connectivity index (χ0v) is 46.2. The number of ether oxygens (including phenoxy) is 4. The lowest BCUT2D eigenvalue weighted by Gasteiger charge is -2.39. The van der Waals surface area contributed by atoms with E-state index in [-0.39, 0.29) is 19.2 Å². The van der Waals surface area contributed by atoms with Gasteiger partial charge in [0.1, 0.15) is 30.5 Å². The summed E-state index contributed by atoms with van der Waals surface area (Å²) in [6.45, 7) is 4.45. The number of allylic oxidation sites excluding steroid dienone is 14. The minimum Gasteiger partial charge on any atom is -0.457 e. The van der Waals surface area contributed by atoms with E-state index in [1.54, 1.807) is 0 Å². The smallest absolute Gasteiger partial charge is 0.306 e. The summed E-state index contributed by atoms with van der Waals surface area (Å²) in [6.07, 6.45) is 66.3. The third kappa shape index (κ3) is 42.7. The maximum Gasteiger partial charge on any atom is 0.306 e. The van der Waals surface area contributed by atoms with E-state index < -0.39 is 43.4 Å². The van der Waals surface area contributed by atoms with Gasteiger partial charge < -0.3 is 39.4 Å². The Balaban J connectivity index is 2.17. The molecular weight excluding hydrogens is 901 g/mol. The van der Waals surface area contributed by atoms with Crippen LogP contribution in [0.5, 0.6) is 0 Å². The summed E-state index contributed by atoms with van der Waals surface area (Å²) in [6, 6.07) is 0. The molecule has 0 saturated carbocycles. The largest absolute Gasteiger partial charge is 0.457 e. The van der Waals surface area contributed by atoms with Gasteiger partial charge in [-0.05, 0) is 89.9 Å². The summed E-state index contributed by atoms with van der Waals surface area (Å²) in [5.74, 6) is -0.328. The van der Waals surface area contributed by atoms with Crippen molar-refractivity contribution in [1.29, 1.82) is 0 Å². The Kier molecular flexibility index (Phi) is 49.8. The molecule has 0 amide bonds. The Morgan fingerprint density at radius 1 is 0.458 bits per heavy atom. The van der Waals surface area contributed by atoms with Crippen LogP contribution in [0.1, 0.15) is 245 Å². The van der Waals surface area contributed by atoms with Gasteiger partial charge in [0.2, 0.25) is 0 Å². The second kappa shape index (κ2) is 53.2. The molecule has 0 aliphatic carbocycles. The molecule has 1 aliphatic heterocycles. The lowest BCUT2D eigenvalue weighted by Crippen LogP contribution is -2.59. The van der Waals surface area contributed by atoms with Gasteiger partial charge in [-0.1, -0.05) is 234 Å². The number of hydrogen-bond donors (Lipinski definition) is 4. The minimum absolute atomic E-state index is 0.123. The van der Waals surface area contributed by atoms with Gasteiger partial charge in [-0.2, -0.15) is 0 Å². The molecule has 1 aliphatic rings. The van der Waals surface area contributed by atoms with Crippen LogP contribution in [0.15, 0.2) is 85.1 Å².